The van der Waals surface area contributed by atoms with Crippen LogP contribution in [0.2, 0.25) is 0 Å². The SMILES string of the molecule is CCC(c1nnc(SCC(=O)Nc2ccccc2[N+](=O)[O-])n1Cc1ccccc1)N(C)C. The van der Waals surface area contributed by atoms with Crippen LogP contribution in [0.4, 0.5) is 11.4 Å². The van der Waals surface area contributed by atoms with Crippen LogP contribution in [0.25, 0.3) is 0 Å². The molecule has 0 aliphatic heterocycles. The van der Waals surface area contributed by atoms with Crippen LogP contribution in [0, 0.1) is 10.1 Å². The molecule has 10 heteroatoms. The average Bonchev–Trinajstić information content (AvgIpc) is 3.15. The normalized spacial score (nSPS) is 12.0. The highest BCUT2D eigenvalue weighted by molar-refractivity contribution is 7.99. The number of hydrogen-bond donors (Lipinski definition) is 1. The number of carbonyl (C=O) groups excluding carboxylic acids is 1. The number of hydrogen-bond acceptors (Lipinski definition) is 7. The van der Waals surface area contributed by atoms with Gasteiger partial charge in [0.2, 0.25) is 5.91 Å². The maximum absolute atomic E-state index is 12.5. The lowest BCUT2D eigenvalue weighted by Gasteiger charge is -2.23. The van der Waals surface area contributed by atoms with Crippen molar-refractivity contribution in [2.45, 2.75) is 31.1 Å². The summed E-state index contributed by atoms with van der Waals surface area (Å²) in [5, 5.41) is 23.2. The second kappa shape index (κ2) is 10.9. The smallest absolute Gasteiger partial charge is 0.292 e. The Kier molecular flexibility index (Phi) is 7.96. The molecule has 1 heterocycles. The predicted octanol–water partition coefficient (Wildman–Crippen LogP) is 3.98. The number of rotatable bonds is 10. The van der Waals surface area contributed by atoms with Crippen molar-refractivity contribution in [3.8, 4) is 0 Å². The molecule has 32 heavy (non-hydrogen) atoms. The number of carbonyl (C=O) groups is 1. The third kappa shape index (κ3) is 5.71. The van der Waals surface area contributed by atoms with Crippen LogP contribution >= 0.6 is 11.8 Å². The fourth-order valence-electron chi connectivity index (χ4n) is 3.40. The third-order valence-electron chi connectivity index (χ3n) is 4.94. The van der Waals surface area contributed by atoms with E-state index in [1.54, 1.807) is 12.1 Å². The molecule has 0 spiro atoms. The molecule has 1 amide bonds. The lowest BCUT2D eigenvalue weighted by Crippen LogP contribution is -2.23. The Hall–Kier alpha value is -3.24. The highest BCUT2D eigenvalue weighted by atomic mass is 32.2. The second-order valence-electron chi connectivity index (χ2n) is 7.41. The number of amides is 1. The zero-order chi connectivity index (χ0) is 23.1. The molecule has 1 N–H and O–H groups in total. The summed E-state index contributed by atoms with van der Waals surface area (Å²) in [6.07, 6.45) is 0.864. The zero-order valence-corrected chi connectivity index (χ0v) is 19.1. The Bertz CT molecular complexity index is 1070. The maximum atomic E-state index is 12.5. The van der Waals surface area contributed by atoms with E-state index < -0.39 is 4.92 Å². The van der Waals surface area contributed by atoms with Gasteiger partial charge in [0.05, 0.1) is 23.3 Å². The first kappa shape index (κ1) is 23.4. The van der Waals surface area contributed by atoms with E-state index in [4.69, 9.17) is 0 Å². The van der Waals surface area contributed by atoms with Gasteiger partial charge in [-0.15, -0.1) is 10.2 Å². The number of nitro benzene ring substituents is 1. The van der Waals surface area contributed by atoms with Gasteiger partial charge in [-0.05, 0) is 32.1 Å². The highest BCUT2D eigenvalue weighted by Crippen LogP contribution is 2.27. The molecule has 1 atom stereocenters. The number of thioether (sulfide) groups is 1. The van der Waals surface area contributed by atoms with Gasteiger partial charge in [-0.25, -0.2) is 0 Å². The topological polar surface area (TPSA) is 106 Å². The first-order chi connectivity index (χ1) is 15.4. The summed E-state index contributed by atoms with van der Waals surface area (Å²) in [5.74, 6) is 0.542. The van der Waals surface area contributed by atoms with Gasteiger partial charge >= 0.3 is 0 Å². The van der Waals surface area contributed by atoms with Gasteiger partial charge < -0.3 is 9.88 Å². The van der Waals surface area contributed by atoms with Crippen LogP contribution in [0.15, 0.2) is 59.8 Å². The molecule has 0 bridgehead atoms. The van der Waals surface area contributed by atoms with Gasteiger partial charge in [-0.3, -0.25) is 19.8 Å². The zero-order valence-electron chi connectivity index (χ0n) is 18.3. The summed E-state index contributed by atoms with van der Waals surface area (Å²) in [7, 11) is 4.01. The summed E-state index contributed by atoms with van der Waals surface area (Å²) < 4.78 is 2.03. The number of nitro groups is 1. The molecule has 0 saturated heterocycles. The maximum Gasteiger partial charge on any atom is 0.292 e. The van der Waals surface area contributed by atoms with E-state index >= 15 is 0 Å². The standard InChI is InChI=1S/C22H26N6O3S/c1-4-18(26(2)3)21-24-25-22(27(21)14-16-10-6-5-7-11-16)32-15-20(29)23-17-12-8-9-13-19(17)28(30)31/h5-13,18H,4,14-15H2,1-3H3,(H,23,29). The molecule has 3 rings (SSSR count). The minimum atomic E-state index is -0.516. The lowest BCUT2D eigenvalue weighted by molar-refractivity contribution is -0.383. The molecule has 168 valence electrons. The molecular weight excluding hydrogens is 428 g/mol. The minimum Gasteiger partial charge on any atom is -0.320 e. The number of nitrogens with one attached hydrogen (secondary N) is 1. The van der Waals surface area contributed by atoms with E-state index in [1.807, 2.05) is 49.0 Å². The van der Waals surface area contributed by atoms with Gasteiger partial charge in [0.25, 0.3) is 5.69 Å². The van der Waals surface area contributed by atoms with E-state index in [0.29, 0.717) is 11.7 Å². The fraction of sp³-hybridized carbons (Fsp3) is 0.318. The van der Waals surface area contributed by atoms with Crippen molar-refractivity contribution >= 4 is 29.0 Å². The summed E-state index contributed by atoms with van der Waals surface area (Å²) in [6.45, 7) is 2.68. The Labute approximate surface area is 191 Å². The van der Waals surface area contributed by atoms with Gasteiger partial charge in [0, 0.05) is 6.07 Å². The molecule has 3 aromatic rings. The molecule has 0 aliphatic rings. The van der Waals surface area contributed by atoms with Gasteiger partial charge in [-0.1, -0.05) is 61.2 Å². The molecule has 0 saturated carbocycles. The lowest BCUT2D eigenvalue weighted by atomic mass is 10.2. The quantitative estimate of drug-likeness (QED) is 0.281. The predicted molar refractivity (Wildman–Crippen MR) is 125 cm³/mol. The van der Waals surface area contributed by atoms with Crippen molar-refractivity contribution in [1.82, 2.24) is 19.7 Å². The van der Waals surface area contributed by atoms with Crippen molar-refractivity contribution in [1.29, 1.82) is 0 Å². The molecule has 0 radical (unpaired) electrons. The molecule has 0 fully saturated rings. The van der Waals surface area contributed by atoms with E-state index in [9.17, 15) is 14.9 Å². The summed E-state index contributed by atoms with van der Waals surface area (Å²) in [4.78, 5) is 25.3. The monoisotopic (exact) mass is 454 g/mol. The second-order valence-corrected chi connectivity index (χ2v) is 8.35. The first-order valence-electron chi connectivity index (χ1n) is 10.2. The summed E-state index contributed by atoms with van der Waals surface area (Å²) in [6, 6.07) is 16.2. The van der Waals surface area contributed by atoms with E-state index in [1.165, 1.54) is 23.9 Å². The summed E-state index contributed by atoms with van der Waals surface area (Å²) in [5.41, 5.74) is 1.14. The fourth-order valence-corrected chi connectivity index (χ4v) is 4.15. The molecule has 1 aromatic heterocycles. The Balaban J connectivity index is 1.79. The van der Waals surface area contributed by atoms with Gasteiger partial charge in [0.1, 0.15) is 5.69 Å². The van der Waals surface area contributed by atoms with Crippen molar-refractivity contribution in [2.24, 2.45) is 0 Å². The van der Waals surface area contributed by atoms with Crippen molar-refractivity contribution in [3.63, 3.8) is 0 Å². The number of anilines is 1. The van der Waals surface area contributed by atoms with E-state index in [2.05, 4.69) is 27.3 Å². The molecule has 2 aromatic carbocycles. The van der Waals surface area contributed by atoms with Gasteiger partial charge in [0.15, 0.2) is 11.0 Å². The van der Waals surface area contributed by atoms with E-state index in [0.717, 1.165) is 17.8 Å². The van der Waals surface area contributed by atoms with Crippen molar-refractivity contribution in [2.75, 3.05) is 25.2 Å². The highest BCUT2D eigenvalue weighted by Gasteiger charge is 2.23. The van der Waals surface area contributed by atoms with Crippen LogP contribution in [-0.2, 0) is 11.3 Å². The van der Waals surface area contributed by atoms with Crippen LogP contribution in [0.5, 0.6) is 0 Å². The minimum absolute atomic E-state index is 0.0533. The largest absolute Gasteiger partial charge is 0.320 e. The number of para-hydroxylation sites is 2. The summed E-state index contributed by atoms with van der Waals surface area (Å²) >= 11 is 1.26. The number of benzene rings is 2. The average molecular weight is 455 g/mol. The van der Waals surface area contributed by atoms with E-state index in [-0.39, 0.29) is 29.1 Å². The molecule has 9 nitrogen and oxygen atoms in total. The third-order valence-corrected chi connectivity index (χ3v) is 5.91. The molecule has 1 unspecified atom stereocenters. The van der Waals surface area contributed by atoms with Gasteiger partial charge in [-0.2, -0.15) is 0 Å². The van der Waals surface area contributed by atoms with Crippen molar-refractivity contribution < 1.29 is 9.72 Å². The Morgan fingerprint density at radius 2 is 1.84 bits per heavy atom. The Morgan fingerprint density at radius 1 is 1.16 bits per heavy atom. The van der Waals surface area contributed by atoms with Crippen LogP contribution < -0.4 is 5.32 Å². The van der Waals surface area contributed by atoms with Crippen LogP contribution in [0.1, 0.15) is 30.8 Å². The molecule has 0 aliphatic carbocycles. The number of nitrogens with zero attached hydrogens (tertiary/aromatic N) is 5. The van der Waals surface area contributed by atoms with Crippen LogP contribution in [0.3, 0.4) is 0 Å². The van der Waals surface area contributed by atoms with Crippen LogP contribution in [-0.4, -0.2) is 50.3 Å². The van der Waals surface area contributed by atoms with Crippen molar-refractivity contribution in [3.05, 3.63) is 76.1 Å². The number of aromatic nitrogens is 3. The molecular formula is C22H26N6O3S. The Morgan fingerprint density at radius 3 is 2.50 bits per heavy atom. The first-order valence-corrected chi connectivity index (χ1v) is 11.2.